The monoisotopic (exact) mass is 205 g/mol. The molecule has 0 aliphatic heterocycles. The van der Waals surface area contributed by atoms with Gasteiger partial charge in [0, 0.05) is 18.1 Å². The molecule has 1 nitrogen and oxygen atoms in total. The highest BCUT2D eigenvalue weighted by molar-refractivity contribution is 6.19. The van der Waals surface area contributed by atoms with Gasteiger partial charge in [-0.2, -0.15) is 0 Å². The Kier molecular flexibility index (Phi) is 2.60. The third-order valence-corrected chi connectivity index (χ3v) is 2.72. The van der Waals surface area contributed by atoms with Crippen LogP contribution in [0.3, 0.4) is 0 Å². The molecule has 0 N–H and O–H groups in total. The van der Waals surface area contributed by atoms with Crippen molar-refractivity contribution in [3.05, 3.63) is 42.5 Å². The van der Waals surface area contributed by atoms with E-state index in [1.807, 2.05) is 24.1 Å². The molecule has 0 saturated heterocycles. The van der Waals surface area contributed by atoms with Gasteiger partial charge in [0.05, 0.1) is 6.00 Å². The topological polar surface area (TPSA) is 3.24 Å². The summed E-state index contributed by atoms with van der Waals surface area (Å²) in [7, 11) is 1.99. The molecule has 2 heteroatoms. The second-order valence-corrected chi connectivity index (χ2v) is 3.55. The normalized spacial score (nSPS) is 10.4. The molecule has 14 heavy (non-hydrogen) atoms. The summed E-state index contributed by atoms with van der Waals surface area (Å²) in [6.07, 6.45) is 0. The van der Waals surface area contributed by atoms with Crippen LogP contribution in [0.5, 0.6) is 0 Å². The number of rotatable bonds is 2. The summed E-state index contributed by atoms with van der Waals surface area (Å²) in [5, 5.41) is 2.50. The van der Waals surface area contributed by atoms with Gasteiger partial charge in [0.1, 0.15) is 0 Å². The van der Waals surface area contributed by atoms with E-state index in [2.05, 4.69) is 30.3 Å². The van der Waals surface area contributed by atoms with Gasteiger partial charge in [-0.3, -0.25) is 0 Å². The Hall–Kier alpha value is -1.21. The third-order valence-electron chi connectivity index (χ3n) is 2.36. The molecule has 0 aliphatic carbocycles. The van der Waals surface area contributed by atoms with Crippen molar-refractivity contribution in [3.63, 3.8) is 0 Å². The van der Waals surface area contributed by atoms with Gasteiger partial charge in [0.15, 0.2) is 0 Å². The van der Waals surface area contributed by atoms with E-state index in [9.17, 15) is 0 Å². The molecule has 0 aromatic heterocycles. The van der Waals surface area contributed by atoms with Crippen molar-refractivity contribution in [3.8, 4) is 0 Å². The number of nitrogens with zero attached hydrogens (tertiary/aromatic N) is 1. The Morgan fingerprint density at radius 2 is 1.79 bits per heavy atom. The second kappa shape index (κ2) is 3.89. The Bertz CT molecular complexity index is 434. The zero-order valence-electron chi connectivity index (χ0n) is 8.07. The Balaban J connectivity index is 2.65. The maximum atomic E-state index is 5.81. The highest BCUT2D eigenvalue weighted by atomic mass is 35.5. The van der Waals surface area contributed by atoms with Gasteiger partial charge in [-0.1, -0.05) is 36.4 Å². The predicted octanol–water partition coefficient (Wildman–Crippen LogP) is 3.47. The van der Waals surface area contributed by atoms with Crippen LogP contribution in [-0.2, 0) is 0 Å². The van der Waals surface area contributed by atoms with Crippen molar-refractivity contribution in [1.82, 2.24) is 0 Å². The minimum Gasteiger partial charge on any atom is -0.360 e. The van der Waals surface area contributed by atoms with Crippen LogP contribution in [0, 0.1) is 0 Å². The van der Waals surface area contributed by atoms with Crippen molar-refractivity contribution >= 4 is 28.1 Å². The van der Waals surface area contributed by atoms with Crippen LogP contribution in [0.15, 0.2) is 42.5 Å². The number of hydrogen-bond acceptors (Lipinski definition) is 1. The minimum absolute atomic E-state index is 0.508. The van der Waals surface area contributed by atoms with Gasteiger partial charge in [-0.05, 0) is 11.5 Å². The lowest BCUT2D eigenvalue weighted by atomic mass is 10.1. The Morgan fingerprint density at radius 1 is 1.07 bits per heavy atom. The van der Waals surface area contributed by atoms with Crippen LogP contribution in [-0.4, -0.2) is 13.1 Å². The van der Waals surface area contributed by atoms with E-state index in [4.69, 9.17) is 11.6 Å². The van der Waals surface area contributed by atoms with E-state index in [-0.39, 0.29) is 0 Å². The number of anilines is 1. The van der Waals surface area contributed by atoms with E-state index in [0.717, 1.165) is 0 Å². The van der Waals surface area contributed by atoms with Crippen LogP contribution in [0.4, 0.5) is 5.69 Å². The van der Waals surface area contributed by atoms with E-state index in [0.29, 0.717) is 6.00 Å². The van der Waals surface area contributed by atoms with Crippen LogP contribution < -0.4 is 4.90 Å². The fourth-order valence-corrected chi connectivity index (χ4v) is 1.73. The van der Waals surface area contributed by atoms with Crippen molar-refractivity contribution in [1.29, 1.82) is 0 Å². The maximum Gasteiger partial charge on any atom is 0.0925 e. The van der Waals surface area contributed by atoms with Gasteiger partial charge in [-0.25, -0.2) is 0 Å². The average molecular weight is 206 g/mol. The molecule has 0 aliphatic rings. The van der Waals surface area contributed by atoms with E-state index in [1.165, 1.54) is 16.5 Å². The van der Waals surface area contributed by atoms with Crippen LogP contribution >= 0.6 is 11.6 Å². The first kappa shape index (κ1) is 9.35. The lowest BCUT2D eigenvalue weighted by molar-refractivity contribution is 1.10. The van der Waals surface area contributed by atoms with E-state index in [1.54, 1.807) is 0 Å². The highest BCUT2D eigenvalue weighted by Crippen LogP contribution is 2.25. The molecular weight excluding hydrogens is 194 g/mol. The average Bonchev–Trinajstić information content (AvgIpc) is 2.27. The van der Waals surface area contributed by atoms with Gasteiger partial charge in [-0.15, -0.1) is 11.6 Å². The van der Waals surface area contributed by atoms with Gasteiger partial charge < -0.3 is 4.90 Å². The molecule has 0 unspecified atom stereocenters. The Morgan fingerprint density at radius 3 is 2.57 bits per heavy atom. The fraction of sp³-hybridized carbons (Fsp3) is 0.167. The van der Waals surface area contributed by atoms with E-state index < -0.39 is 0 Å². The van der Waals surface area contributed by atoms with Gasteiger partial charge >= 0.3 is 0 Å². The van der Waals surface area contributed by atoms with Gasteiger partial charge in [0.2, 0.25) is 0 Å². The Labute approximate surface area is 88.9 Å². The smallest absolute Gasteiger partial charge is 0.0925 e. The van der Waals surface area contributed by atoms with E-state index >= 15 is 0 Å². The predicted molar refractivity (Wildman–Crippen MR) is 63.1 cm³/mol. The van der Waals surface area contributed by atoms with Crippen LogP contribution in [0.1, 0.15) is 0 Å². The zero-order valence-corrected chi connectivity index (χ0v) is 8.83. The summed E-state index contributed by atoms with van der Waals surface area (Å²) in [6, 6.07) is 15.1. The standard InChI is InChI=1S/C12H12ClN/c1-14(9-13)12-8-4-6-10-5-2-3-7-11(10)12/h2-8H,9H2,1H3. The minimum atomic E-state index is 0.508. The maximum absolute atomic E-state index is 5.81. The van der Waals surface area contributed by atoms with Crippen molar-refractivity contribution < 1.29 is 0 Å². The molecule has 0 atom stereocenters. The number of alkyl halides is 1. The fourth-order valence-electron chi connectivity index (χ4n) is 1.61. The molecule has 0 bridgehead atoms. The first-order chi connectivity index (χ1) is 6.83. The van der Waals surface area contributed by atoms with Crippen LogP contribution in [0.2, 0.25) is 0 Å². The third kappa shape index (κ3) is 1.55. The molecule has 0 heterocycles. The second-order valence-electron chi connectivity index (χ2n) is 3.32. The summed E-state index contributed by atoms with van der Waals surface area (Å²) in [4.78, 5) is 2.03. The largest absolute Gasteiger partial charge is 0.360 e. The molecule has 0 saturated carbocycles. The zero-order chi connectivity index (χ0) is 9.97. The summed E-state index contributed by atoms with van der Waals surface area (Å²) < 4.78 is 0. The molecule has 2 aromatic carbocycles. The lowest BCUT2D eigenvalue weighted by Gasteiger charge is -2.17. The van der Waals surface area contributed by atoms with Gasteiger partial charge in [0.25, 0.3) is 0 Å². The van der Waals surface area contributed by atoms with Crippen molar-refractivity contribution in [2.45, 2.75) is 0 Å². The summed E-state index contributed by atoms with van der Waals surface area (Å²) in [5.41, 5.74) is 1.18. The molecular formula is C12H12ClN. The highest BCUT2D eigenvalue weighted by Gasteiger charge is 2.03. The molecule has 0 spiro atoms. The molecule has 0 amide bonds. The van der Waals surface area contributed by atoms with Crippen molar-refractivity contribution in [2.24, 2.45) is 0 Å². The van der Waals surface area contributed by atoms with Crippen molar-refractivity contribution in [2.75, 3.05) is 18.0 Å². The summed E-state index contributed by atoms with van der Waals surface area (Å²) >= 11 is 5.81. The number of halogens is 1. The summed E-state index contributed by atoms with van der Waals surface area (Å²) in [5.74, 6) is 0. The number of benzene rings is 2. The molecule has 0 radical (unpaired) electrons. The molecule has 0 fully saturated rings. The van der Waals surface area contributed by atoms with Crippen LogP contribution in [0.25, 0.3) is 10.8 Å². The summed E-state index contributed by atoms with van der Waals surface area (Å²) in [6.45, 7) is 0. The number of hydrogen-bond donors (Lipinski definition) is 0. The lowest BCUT2D eigenvalue weighted by Crippen LogP contribution is -2.14. The first-order valence-corrected chi connectivity index (χ1v) is 5.11. The quantitative estimate of drug-likeness (QED) is 0.536. The molecule has 72 valence electrons. The molecule has 2 aromatic rings. The SMILES string of the molecule is CN(CCl)c1cccc2ccccc12. The number of fused-ring (bicyclic) bond motifs is 1. The molecule has 2 rings (SSSR count). The first-order valence-electron chi connectivity index (χ1n) is 4.58.